The van der Waals surface area contributed by atoms with Crippen molar-refractivity contribution in [1.82, 2.24) is 4.98 Å². The van der Waals surface area contributed by atoms with Crippen LogP contribution in [0.2, 0.25) is 0 Å². The van der Waals surface area contributed by atoms with E-state index >= 15 is 0 Å². The number of nitrogens with zero attached hydrogens (tertiary/aromatic N) is 1. The van der Waals surface area contributed by atoms with Crippen LogP contribution in [0.15, 0.2) is 54.6 Å². The molecule has 0 radical (unpaired) electrons. The lowest BCUT2D eigenvalue weighted by molar-refractivity contribution is 0.0691. The molecular formula is C16H11IN2O2. The summed E-state index contributed by atoms with van der Waals surface area (Å²) in [4.78, 5) is 15.4. The largest absolute Gasteiger partial charge is 0.477 e. The molecule has 0 saturated heterocycles. The van der Waals surface area contributed by atoms with E-state index in [2.05, 4.69) is 32.9 Å². The van der Waals surface area contributed by atoms with Gasteiger partial charge in [0.25, 0.3) is 0 Å². The van der Waals surface area contributed by atoms with E-state index in [1.54, 1.807) is 6.07 Å². The SMILES string of the molecule is O=C(O)c1cc2ccccc2c(Nc2ccc(I)cc2)n1. The molecule has 5 heteroatoms. The Morgan fingerprint density at radius 1 is 1.10 bits per heavy atom. The topological polar surface area (TPSA) is 62.2 Å². The summed E-state index contributed by atoms with van der Waals surface area (Å²) < 4.78 is 1.13. The molecule has 0 spiro atoms. The van der Waals surface area contributed by atoms with Crippen LogP contribution in [0, 0.1) is 3.57 Å². The number of anilines is 2. The third-order valence-electron chi connectivity index (χ3n) is 3.07. The lowest BCUT2D eigenvalue weighted by Crippen LogP contribution is -2.04. The van der Waals surface area contributed by atoms with Gasteiger partial charge in [0.05, 0.1) is 0 Å². The Balaban J connectivity index is 2.11. The second kappa shape index (κ2) is 5.69. The van der Waals surface area contributed by atoms with E-state index in [0.717, 1.165) is 20.0 Å². The predicted molar refractivity (Wildman–Crippen MR) is 91.1 cm³/mol. The average Bonchev–Trinajstić information content (AvgIpc) is 2.49. The first-order chi connectivity index (χ1) is 10.1. The van der Waals surface area contributed by atoms with E-state index < -0.39 is 5.97 Å². The van der Waals surface area contributed by atoms with Crippen LogP contribution in [0.25, 0.3) is 10.8 Å². The van der Waals surface area contributed by atoms with Crippen molar-refractivity contribution < 1.29 is 9.90 Å². The van der Waals surface area contributed by atoms with Gasteiger partial charge in [0, 0.05) is 14.6 Å². The highest BCUT2D eigenvalue weighted by Crippen LogP contribution is 2.26. The summed E-state index contributed by atoms with van der Waals surface area (Å²) in [6.07, 6.45) is 0. The summed E-state index contributed by atoms with van der Waals surface area (Å²) in [6.45, 7) is 0. The molecule has 2 aromatic carbocycles. The Morgan fingerprint density at radius 2 is 1.81 bits per heavy atom. The highest BCUT2D eigenvalue weighted by molar-refractivity contribution is 14.1. The van der Waals surface area contributed by atoms with Gasteiger partial charge in [-0.1, -0.05) is 24.3 Å². The van der Waals surface area contributed by atoms with Crippen molar-refractivity contribution in [1.29, 1.82) is 0 Å². The lowest BCUT2D eigenvalue weighted by atomic mass is 10.1. The molecule has 0 amide bonds. The van der Waals surface area contributed by atoms with Crippen molar-refractivity contribution in [3.05, 3.63) is 63.9 Å². The molecule has 4 nitrogen and oxygen atoms in total. The van der Waals surface area contributed by atoms with E-state index in [1.165, 1.54) is 0 Å². The predicted octanol–water partition coefficient (Wildman–Crippen LogP) is 4.28. The molecule has 0 unspecified atom stereocenters. The third-order valence-corrected chi connectivity index (χ3v) is 3.79. The zero-order valence-electron chi connectivity index (χ0n) is 10.9. The fourth-order valence-corrected chi connectivity index (χ4v) is 2.43. The number of hydrogen-bond donors (Lipinski definition) is 2. The second-order valence-electron chi connectivity index (χ2n) is 4.51. The number of carboxylic acids is 1. The van der Waals surface area contributed by atoms with Gasteiger partial charge in [0.15, 0.2) is 5.69 Å². The number of benzene rings is 2. The van der Waals surface area contributed by atoms with Crippen molar-refractivity contribution in [3.63, 3.8) is 0 Å². The fraction of sp³-hybridized carbons (Fsp3) is 0. The monoisotopic (exact) mass is 390 g/mol. The Morgan fingerprint density at radius 3 is 2.52 bits per heavy atom. The maximum absolute atomic E-state index is 11.2. The van der Waals surface area contributed by atoms with Crippen molar-refractivity contribution in [3.8, 4) is 0 Å². The minimum Gasteiger partial charge on any atom is -0.477 e. The molecule has 104 valence electrons. The first-order valence-electron chi connectivity index (χ1n) is 6.29. The fourth-order valence-electron chi connectivity index (χ4n) is 2.07. The van der Waals surface area contributed by atoms with E-state index in [0.29, 0.717) is 5.82 Å². The van der Waals surface area contributed by atoms with E-state index in [1.807, 2.05) is 48.5 Å². The van der Waals surface area contributed by atoms with Crippen LogP contribution in [0.3, 0.4) is 0 Å². The molecule has 3 aromatic rings. The Hall–Kier alpha value is -2.15. The van der Waals surface area contributed by atoms with Gasteiger partial charge < -0.3 is 10.4 Å². The summed E-state index contributed by atoms with van der Waals surface area (Å²) in [6, 6.07) is 17.0. The van der Waals surface area contributed by atoms with Crippen molar-refractivity contribution >= 4 is 50.8 Å². The number of carboxylic acid groups (broad SMARTS) is 1. The van der Waals surface area contributed by atoms with Crippen LogP contribution in [-0.2, 0) is 0 Å². The molecule has 1 aromatic heterocycles. The van der Waals surface area contributed by atoms with Crippen LogP contribution in [0.4, 0.5) is 11.5 Å². The number of carbonyl (C=O) groups is 1. The van der Waals surface area contributed by atoms with Crippen LogP contribution in [-0.4, -0.2) is 16.1 Å². The summed E-state index contributed by atoms with van der Waals surface area (Å²) >= 11 is 2.23. The maximum atomic E-state index is 11.2. The zero-order chi connectivity index (χ0) is 14.8. The number of fused-ring (bicyclic) bond motifs is 1. The number of rotatable bonds is 3. The number of halogens is 1. The Kier molecular flexibility index (Phi) is 3.74. The van der Waals surface area contributed by atoms with Gasteiger partial charge in [0.2, 0.25) is 0 Å². The lowest BCUT2D eigenvalue weighted by Gasteiger charge is -2.10. The first-order valence-corrected chi connectivity index (χ1v) is 7.37. The van der Waals surface area contributed by atoms with Crippen LogP contribution >= 0.6 is 22.6 Å². The molecule has 0 fully saturated rings. The van der Waals surface area contributed by atoms with Gasteiger partial charge in [-0.05, 0) is 58.3 Å². The minimum absolute atomic E-state index is 0.0294. The molecule has 3 rings (SSSR count). The third kappa shape index (κ3) is 2.97. The number of pyridine rings is 1. The number of aromatic nitrogens is 1. The Bertz CT molecular complexity index is 816. The number of hydrogen-bond acceptors (Lipinski definition) is 3. The second-order valence-corrected chi connectivity index (χ2v) is 5.76. The molecule has 0 aliphatic heterocycles. The van der Waals surface area contributed by atoms with Crippen LogP contribution in [0.1, 0.15) is 10.5 Å². The average molecular weight is 390 g/mol. The quantitative estimate of drug-likeness (QED) is 0.656. The molecular weight excluding hydrogens is 379 g/mol. The van der Waals surface area contributed by atoms with Crippen LogP contribution < -0.4 is 5.32 Å². The van der Waals surface area contributed by atoms with Gasteiger partial charge in [-0.3, -0.25) is 0 Å². The summed E-state index contributed by atoms with van der Waals surface area (Å²) in [5.41, 5.74) is 0.900. The molecule has 2 N–H and O–H groups in total. The molecule has 0 atom stereocenters. The van der Waals surface area contributed by atoms with Gasteiger partial charge >= 0.3 is 5.97 Å². The highest BCUT2D eigenvalue weighted by atomic mass is 127. The molecule has 21 heavy (non-hydrogen) atoms. The molecule has 0 saturated carbocycles. The minimum atomic E-state index is -1.04. The van der Waals surface area contributed by atoms with Gasteiger partial charge in [-0.15, -0.1) is 0 Å². The van der Waals surface area contributed by atoms with Gasteiger partial charge in [-0.25, -0.2) is 9.78 Å². The molecule has 1 heterocycles. The normalized spacial score (nSPS) is 10.5. The smallest absolute Gasteiger partial charge is 0.354 e. The summed E-state index contributed by atoms with van der Waals surface area (Å²) in [7, 11) is 0. The molecule has 0 bridgehead atoms. The van der Waals surface area contributed by atoms with E-state index in [4.69, 9.17) is 0 Å². The van der Waals surface area contributed by atoms with E-state index in [-0.39, 0.29) is 5.69 Å². The van der Waals surface area contributed by atoms with Gasteiger partial charge in [-0.2, -0.15) is 0 Å². The first kappa shape index (κ1) is 13.8. The van der Waals surface area contributed by atoms with Crippen molar-refractivity contribution in [2.45, 2.75) is 0 Å². The summed E-state index contributed by atoms with van der Waals surface area (Å²) in [5.74, 6) is -0.488. The Labute approximate surface area is 135 Å². The number of aromatic carboxylic acids is 1. The van der Waals surface area contributed by atoms with E-state index in [9.17, 15) is 9.90 Å². The van der Waals surface area contributed by atoms with Gasteiger partial charge in [0.1, 0.15) is 5.82 Å². The number of nitrogens with one attached hydrogen (secondary N) is 1. The van der Waals surface area contributed by atoms with Crippen molar-refractivity contribution in [2.75, 3.05) is 5.32 Å². The highest BCUT2D eigenvalue weighted by Gasteiger charge is 2.10. The molecule has 0 aliphatic rings. The standard InChI is InChI=1S/C16H11IN2O2/c17-11-5-7-12(8-6-11)18-15-13-4-2-1-3-10(13)9-14(19-15)16(20)21/h1-9H,(H,18,19)(H,20,21). The zero-order valence-corrected chi connectivity index (χ0v) is 13.0. The molecule has 0 aliphatic carbocycles. The van der Waals surface area contributed by atoms with Crippen LogP contribution in [0.5, 0.6) is 0 Å². The maximum Gasteiger partial charge on any atom is 0.354 e. The van der Waals surface area contributed by atoms with Crippen molar-refractivity contribution in [2.24, 2.45) is 0 Å². The summed E-state index contributed by atoms with van der Waals surface area (Å²) in [5, 5.41) is 14.1.